The standard InChI is InChI=1S/C18H26OSi2/c1-15(2)20(17-11-7-5-8-12-17)19-21(16(3)4)18-13-9-6-10-14-18/h5-16,20-21H,1-4H3. The molecule has 2 unspecified atom stereocenters. The van der Waals surface area contributed by atoms with Gasteiger partial charge in [-0.05, 0) is 21.5 Å². The van der Waals surface area contributed by atoms with Gasteiger partial charge in [0.2, 0.25) is 0 Å². The van der Waals surface area contributed by atoms with E-state index in [-0.39, 0.29) is 0 Å². The maximum atomic E-state index is 6.82. The van der Waals surface area contributed by atoms with Crippen LogP contribution in [0.5, 0.6) is 0 Å². The summed E-state index contributed by atoms with van der Waals surface area (Å²) < 4.78 is 6.82. The van der Waals surface area contributed by atoms with Crippen LogP contribution in [0, 0.1) is 0 Å². The Labute approximate surface area is 132 Å². The molecule has 0 aliphatic rings. The topological polar surface area (TPSA) is 9.23 Å². The molecule has 0 aliphatic carbocycles. The molecule has 2 aromatic rings. The molecule has 0 amide bonds. The van der Waals surface area contributed by atoms with E-state index >= 15 is 0 Å². The molecule has 0 aliphatic heterocycles. The van der Waals surface area contributed by atoms with Crippen LogP contribution in [0.3, 0.4) is 0 Å². The van der Waals surface area contributed by atoms with E-state index in [1.54, 1.807) is 0 Å². The monoisotopic (exact) mass is 314 g/mol. The molecule has 2 atom stereocenters. The molecular weight excluding hydrogens is 288 g/mol. The van der Waals surface area contributed by atoms with Gasteiger partial charge in [0.05, 0.1) is 0 Å². The lowest BCUT2D eigenvalue weighted by Gasteiger charge is -2.29. The average molecular weight is 315 g/mol. The lowest BCUT2D eigenvalue weighted by Crippen LogP contribution is -2.47. The average Bonchev–Trinajstić information content (AvgIpc) is 2.49. The summed E-state index contributed by atoms with van der Waals surface area (Å²) in [6.45, 7) is 9.22. The van der Waals surface area contributed by atoms with E-state index in [1.165, 1.54) is 10.4 Å². The minimum atomic E-state index is -1.39. The smallest absolute Gasteiger partial charge is 0.198 e. The normalized spacial score (nSPS) is 14.4. The Bertz CT molecular complexity index is 476. The molecule has 0 heterocycles. The third-order valence-corrected chi connectivity index (χ3v) is 10.6. The lowest BCUT2D eigenvalue weighted by molar-refractivity contribution is 0.575. The van der Waals surface area contributed by atoms with Crippen molar-refractivity contribution in [2.75, 3.05) is 0 Å². The largest absolute Gasteiger partial charge is 0.453 e. The minimum Gasteiger partial charge on any atom is -0.453 e. The lowest BCUT2D eigenvalue weighted by atomic mass is 10.4. The van der Waals surface area contributed by atoms with Crippen molar-refractivity contribution >= 4 is 28.5 Å². The SMILES string of the molecule is CC(C)[SiH](O[SiH](c1ccccc1)C(C)C)c1ccccc1. The van der Waals surface area contributed by atoms with E-state index in [4.69, 9.17) is 4.12 Å². The van der Waals surface area contributed by atoms with Crippen molar-refractivity contribution in [3.05, 3.63) is 60.7 Å². The summed E-state index contributed by atoms with van der Waals surface area (Å²) in [6.07, 6.45) is 0. The second kappa shape index (κ2) is 7.73. The van der Waals surface area contributed by atoms with Crippen molar-refractivity contribution in [3.63, 3.8) is 0 Å². The van der Waals surface area contributed by atoms with Gasteiger partial charge in [0.15, 0.2) is 18.1 Å². The molecule has 21 heavy (non-hydrogen) atoms. The Morgan fingerprint density at radius 3 is 1.24 bits per heavy atom. The van der Waals surface area contributed by atoms with Crippen molar-refractivity contribution in [3.8, 4) is 0 Å². The molecule has 2 aromatic carbocycles. The summed E-state index contributed by atoms with van der Waals surface area (Å²) in [4.78, 5) is 0. The molecular formula is C18H26OSi2. The van der Waals surface area contributed by atoms with Gasteiger partial charge < -0.3 is 4.12 Å². The molecule has 0 spiro atoms. The van der Waals surface area contributed by atoms with Crippen LogP contribution in [0.25, 0.3) is 0 Å². The summed E-state index contributed by atoms with van der Waals surface area (Å²) in [5, 5.41) is 2.86. The first-order valence-corrected chi connectivity index (χ1v) is 11.3. The molecule has 3 heteroatoms. The van der Waals surface area contributed by atoms with Gasteiger partial charge in [-0.3, -0.25) is 0 Å². The molecule has 0 aromatic heterocycles. The van der Waals surface area contributed by atoms with Gasteiger partial charge in [-0.1, -0.05) is 88.4 Å². The van der Waals surface area contributed by atoms with Crippen LogP contribution < -0.4 is 10.4 Å². The predicted molar refractivity (Wildman–Crippen MR) is 97.7 cm³/mol. The van der Waals surface area contributed by atoms with E-state index in [0.29, 0.717) is 11.1 Å². The van der Waals surface area contributed by atoms with E-state index in [0.717, 1.165) is 0 Å². The minimum absolute atomic E-state index is 0.616. The third-order valence-electron chi connectivity index (χ3n) is 3.76. The zero-order chi connectivity index (χ0) is 15.2. The second-order valence-corrected chi connectivity index (χ2v) is 13.1. The highest BCUT2D eigenvalue weighted by atomic mass is 28.4. The Morgan fingerprint density at radius 2 is 0.952 bits per heavy atom. The van der Waals surface area contributed by atoms with Crippen molar-refractivity contribution < 1.29 is 4.12 Å². The van der Waals surface area contributed by atoms with Gasteiger partial charge in [0, 0.05) is 0 Å². The Morgan fingerprint density at radius 1 is 0.619 bits per heavy atom. The van der Waals surface area contributed by atoms with E-state index in [2.05, 4.69) is 88.4 Å². The quantitative estimate of drug-likeness (QED) is 0.745. The molecule has 2 rings (SSSR count). The highest BCUT2D eigenvalue weighted by Gasteiger charge is 2.27. The van der Waals surface area contributed by atoms with Crippen LogP contribution in [0.4, 0.5) is 0 Å². The van der Waals surface area contributed by atoms with Crippen LogP contribution in [0.1, 0.15) is 27.7 Å². The fourth-order valence-electron chi connectivity index (χ4n) is 2.68. The van der Waals surface area contributed by atoms with Crippen molar-refractivity contribution in [1.29, 1.82) is 0 Å². The van der Waals surface area contributed by atoms with E-state index in [9.17, 15) is 0 Å². The summed E-state index contributed by atoms with van der Waals surface area (Å²) >= 11 is 0. The van der Waals surface area contributed by atoms with Crippen LogP contribution >= 0.6 is 0 Å². The first-order chi connectivity index (χ1) is 10.1. The Balaban J connectivity index is 2.25. The number of hydrogen-bond acceptors (Lipinski definition) is 1. The van der Waals surface area contributed by atoms with E-state index in [1.807, 2.05) is 0 Å². The maximum absolute atomic E-state index is 6.82. The summed E-state index contributed by atoms with van der Waals surface area (Å²) in [5.74, 6) is 0. The number of rotatable bonds is 6. The van der Waals surface area contributed by atoms with E-state index < -0.39 is 18.1 Å². The van der Waals surface area contributed by atoms with Crippen molar-refractivity contribution in [1.82, 2.24) is 0 Å². The van der Waals surface area contributed by atoms with Gasteiger partial charge in [-0.2, -0.15) is 0 Å². The van der Waals surface area contributed by atoms with Gasteiger partial charge in [-0.15, -0.1) is 0 Å². The fraction of sp³-hybridized carbons (Fsp3) is 0.333. The zero-order valence-corrected chi connectivity index (χ0v) is 15.8. The van der Waals surface area contributed by atoms with Gasteiger partial charge in [0.25, 0.3) is 0 Å². The third kappa shape index (κ3) is 4.40. The van der Waals surface area contributed by atoms with Crippen LogP contribution in [0.2, 0.25) is 11.1 Å². The molecule has 112 valence electrons. The van der Waals surface area contributed by atoms with Gasteiger partial charge >= 0.3 is 0 Å². The molecule has 1 nitrogen and oxygen atoms in total. The molecule has 0 fully saturated rings. The van der Waals surface area contributed by atoms with Gasteiger partial charge in [0.1, 0.15) is 0 Å². The first-order valence-electron chi connectivity index (χ1n) is 7.85. The Kier molecular flexibility index (Phi) is 5.97. The predicted octanol–water partition coefficient (Wildman–Crippen LogP) is 3.09. The summed E-state index contributed by atoms with van der Waals surface area (Å²) in [6, 6.07) is 21.7. The van der Waals surface area contributed by atoms with Crippen molar-refractivity contribution in [2.24, 2.45) is 0 Å². The second-order valence-electron chi connectivity index (χ2n) is 6.29. The molecule has 0 N–H and O–H groups in total. The molecule has 0 radical (unpaired) electrons. The highest BCUT2D eigenvalue weighted by molar-refractivity contribution is 6.81. The van der Waals surface area contributed by atoms with Crippen LogP contribution in [-0.4, -0.2) is 18.1 Å². The summed E-state index contributed by atoms with van der Waals surface area (Å²) in [5.41, 5.74) is 1.23. The fourth-order valence-corrected chi connectivity index (χ4v) is 10.5. The highest BCUT2D eigenvalue weighted by Crippen LogP contribution is 2.16. The first kappa shape index (κ1) is 16.2. The molecule has 0 saturated heterocycles. The van der Waals surface area contributed by atoms with Crippen LogP contribution in [0.15, 0.2) is 60.7 Å². The zero-order valence-electron chi connectivity index (χ0n) is 13.5. The van der Waals surface area contributed by atoms with Gasteiger partial charge in [-0.25, -0.2) is 0 Å². The molecule has 0 bridgehead atoms. The number of hydrogen-bond donors (Lipinski definition) is 0. The molecule has 0 saturated carbocycles. The van der Waals surface area contributed by atoms with Crippen molar-refractivity contribution in [2.45, 2.75) is 38.8 Å². The Hall–Kier alpha value is -1.17. The summed E-state index contributed by atoms with van der Waals surface area (Å²) in [7, 11) is -2.77. The number of benzene rings is 2. The van der Waals surface area contributed by atoms with Crippen LogP contribution in [-0.2, 0) is 4.12 Å². The maximum Gasteiger partial charge on any atom is 0.198 e.